The highest BCUT2D eigenvalue weighted by molar-refractivity contribution is 5.98. The molecule has 0 aliphatic heterocycles. The Kier molecular flexibility index (Phi) is 5.76. The molecule has 2 fully saturated rings. The van der Waals surface area contributed by atoms with Crippen LogP contribution >= 0.6 is 0 Å². The van der Waals surface area contributed by atoms with Gasteiger partial charge in [0.1, 0.15) is 5.69 Å². The first-order valence-electron chi connectivity index (χ1n) is 10.7. The van der Waals surface area contributed by atoms with E-state index in [0.29, 0.717) is 29.6 Å². The second-order valence-corrected chi connectivity index (χ2v) is 8.33. The maximum atomic E-state index is 13.3. The van der Waals surface area contributed by atoms with E-state index in [1.165, 1.54) is 5.56 Å². The smallest absolute Gasteiger partial charge is 0.251 e. The van der Waals surface area contributed by atoms with Gasteiger partial charge in [-0.2, -0.15) is 0 Å². The maximum Gasteiger partial charge on any atom is 0.251 e. The largest absolute Gasteiger partial charge is 0.355 e. The SMILES string of the molecule is CNC(=O)c1ccc(C2CCC(C(=O)c3nc(CN)ccc3C3CC3)CC2)cc1. The van der Waals surface area contributed by atoms with Crippen LogP contribution in [-0.4, -0.2) is 23.7 Å². The van der Waals surface area contributed by atoms with Gasteiger partial charge in [-0.05, 0) is 79.7 Å². The summed E-state index contributed by atoms with van der Waals surface area (Å²) in [6.45, 7) is 0.365. The molecule has 0 saturated heterocycles. The van der Waals surface area contributed by atoms with Crippen molar-refractivity contribution in [1.29, 1.82) is 0 Å². The van der Waals surface area contributed by atoms with Gasteiger partial charge in [0.25, 0.3) is 5.91 Å². The van der Waals surface area contributed by atoms with Crippen molar-refractivity contribution in [2.24, 2.45) is 11.7 Å². The summed E-state index contributed by atoms with van der Waals surface area (Å²) in [6.07, 6.45) is 6.07. The summed E-state index contributed by atoms with van der Waals surface area (Å²) in [7, 11) is 1.64. The van der Waals surface area contributed by atoms with Crippen molar-refractivity contribution in [3.63, 3.8) is 0 Å². The number of carbonyl (C=O) groups is 2. The third kappa shape index (κ3) is 4.25. The number of hydrogen-bond acceptors (Lipinski definition) is 4. The Morgan fingerprint density at radius 1 is 0.966 bits per heavy atom. The van der Waals surface area contributed by atoms with Gasteiger partial charge in [-0.1, -0.05) is 18.2 Å². The first-order valence-corrected chi connectivity index (χ1v) is 10.7. The standard InChI is InChI=1S/C24H29N3O2/c1-26-24(29)19-10-4-16(5-11-19)15-2-8-18(9-3-15)23(28)22-21(17-6-7-17)13-12-20(14-25)27-22/h4-5,10-13,15,17-18H,2-3,6-9,14,25H2,1H3,(H,26,29). The van der Waals surface area contributed by atoms with Crippen molar-refractivity contribution in [3.05, 3.63) is 64.5 Å². The minimum absolute atomic E-state index is 0.0504. The molecule has 5 heteroatoms. The molecule has 1 aromatic carbocycles. The van der Waals surface area contributed by atoms with E-state index in [4.69, 9.17) is 5.73 Å². The van der Waals surface area contributed by atoms with E-state index in [1.54, 1.807) is 7.05 Å². The van der Waals surface area contributed by atoms with Crippen LogP contribution in [0, 0.1) is 5.92 Å². The monoisotopic (exact) mass is 391 g/mol. The number of Topliss-reactive ketones (excluding diaryl/α,β-unsaturated/α-hetero) is 1. The van der Waals surface area contributed by atoms with Crippen molar-refractivity contribution in [1.82, 2.24) is 10.3 Å². The number of amides is 1. The molecule has 29 heavy (non-hydrogen) atoms. The highest BCUT2D eigenvalue weighted by Crippen LogP contribution is 2.43. The van der Waals surface area contributed by atoms with Crippen LogP contribution in [-0.2, 0) is 6.54 Å². The Labute approximate surface area is 172 Å². The van der Waals surface area contributed by atoms with Gasteiger partial charge in [-0.3, -0.25) is 9.59 Å². The van der Waals surface area contributed by atoms with Crippen LogP contribution in [0.4, 0.5) is 0 Å². The number of nitrogens with zero attached hydrogens (tertiary/aromatic N) is 1. The van der Waals surface area contributed by atoms with Gasteiger partial charge in [0.05, 0.1) is 5.69 Å². The first-order chi connectivity index (χ1) is 14.1. The molecule has 5 nitrogen and oxygen atoms in total. The van der Waals surface area contributed by atoms with E-state index in [2.05, 4.69) is 28.5 Å². The number of rotatable bonds is 6. The van der Waals surface area contributed by atoms with Crippen LogP contribution in [0.15, 0.2) is 36.4 Å². The number of carbonyl (C=O) groups excluding carboxylic acids is 2. The number of pyridine rings is 1. The van der Waals surface area contributed by atoms with E-state index in [-0.39, 0.29) is 17.6 Å². The van der Waals surface area contributed by atoms with Crippen molar-refractivity contribution < 1.29 is 9.59 Å². The van der Waals surface area contributed by atoms with Crippen LogP contribution in [0.2, 0.25) is 0 Å². The van der Waals surface area contributed by atoms with Crippen LogP contribution in [0.5, 0.6) is 0 Å². The zero-order valence-corrected chi connectivity index (χ0v) is 17.0. The molecule has 0 bridgehead atoms. The number of hydrogen-bond donors (Lipinski definition) is 2. The maximum absolute atomic E-state index is 13.3. The average Bonchev–Trinajstić information content (AvgIpc) is 3.63. The molecule has 1 amide bonds. The third-order valence-electron chi connectivity index (χ3n) is 6.41. The van der Waals surface area contributed by atoms with Gasteiger partial charge < -0.3 is 11.1 Å². The lowest BCUT2D eigenvalue weighted by Crippen LogP contribution is -2.24. The molecule has 152 valence electrons. The molecule has 3 N–H and O–H groups in total. The lowest BCUT2D eigenvalue weighted by molar-refractivity contribution is 0.0876. The molecule has 2 aliphatic carbocycles. The Morgan fingerprint density at radius 2 is 1.62 bits per heavy atom. The van der Waals surface area contributed by atoms with Gasteiger partial charge >= 0.3 is 0 Å². The van der Waals surface area contributed by atoms with Gasteiger partial charge in [0.2, 0.25) is 0 Å². The number of nitrogens with one attached hydrogen (secondary N) is 1. The molecule has 0 radical (unpaired) electrons. The Hall–Kier alpha value is -2.53. The molecule has 2 saturated carbocycles. The molecule has 0 unspecified atom stereocenters. The summed E-state index contributed by atoms with van der Waals surface area (Å²) in [4.78, 5) is 29.6. The zero-order valence-electron chi connectivity index (χ0n) is 17.0. The predicted molar refractivity (Wildman–Crippen MR) is 113 cm³/mol. The van der Waals surface area contributed by atoms with Gasteiger partial charge in [0.15, 0.2) is 5.78 Å². The Bertz CT molecular complexity index is 895. The number of ketones is 1. The second kappa shape index (κ2) is 8.46. The average molecular weight is 392 g/mol. The second-order valence-electron chi connectivity index (χ2n) is 8.33. The van der Waals surface area contributed by atoms with E-state index >= 15 is 0 Å². The van der Waals surface area contributed by atoms with Crippen molar-refractivity contribution in [2.75, 3.05) is 7.05 Å². The normalized spacial score (nSPS) is 21.6. The van der Waals surface area contributed by atoms with E-state index in [0.717, 1.165) is 49.8 Å². The molecule has 2 aromatic rings. The van der Waals surface area contributed by atoms with Crippen LogP contribution in [0.25, 0.3) is 0 Å². The summed E-state index contributed by atoms with van der Waals surface area (Å²) in [5, 5.41) is 2.65. The zero-order chi connectivity index (χ0) is 20.4. The third-order valence-corrected chi connectivity index (χ3v) is 6.41. The Morgan fingerprint density at radius 3 is 2.21 bits per heavy atom. The minimum atomic E-state index is -0.0652. The lowest BCUT2D eigenvalue weighted by Gasteiger charge is -2.28. The number of aromatic nitrogens is 1. The van der Waals surface area contributed by atoms with Crippen LogP contribution in [0.1, 0.15) is 88.0 Å². The molecular weight excluding hydrogens is 362 g/mol. The number of nitrogens with two attached hydrogens (primary N) is 1. The van der Waals surface area contributed by atoms with Crippen molar-refractivity contribution >= 4 is 11.7 Å². The molecule has 4 rings (SSSR count). The summed E-state index contributed by atoms with van der Waals surface area (Å²) < 4.78 is 0. The fourth-order valence-electron chi connectivity index (χ4n) is 4.48. The Balaban J connectivity index is 1.43. The first kappa shape index (κ1) is 19.8. The predicted octanol–water partition coefficient (Wildman–Crippen LogP) is 3.93. The topological polar surface area (TPSA) is 85.1 Å². The van der Waals surface area contributed by atoms with Crippen molar-refractivity contribution in [2.45, 2.75) is 56.9 Å². The van der Waals surface area contributed by atoms with Crippen LogP contribution in [0.3, 0.4) is 0 Å². The van der Waals surface area contributed by atoms with E-state index in [1.807, 2.05) is 18.2 Å². The van der Waals surface area contributed by atoms with Crippen LogP contribution < -0.4 is 11.1 Å². The lowest BCUT2D eigenvalue weighted by atomic mass is 9.76. The summed E-state index contributed by atoms with van der Waals surface area (Å²) in [5.74, 6) is 1.14. The fourth-order valence-corrected chi connectivity index (χ4v) is 4.48. The molecule has 0 spiro atoms. The summed E-state index contributed by atoms with van der Waals surface area (Å²) in [6, 6.07) is 11.9. The highest BCUT2D eigenvalue weighted by Gasteiger charge is 2.33. The molecule has 0 atom stereocenters. The molecule has 1 heterocycles. The van der Waals surface area contributed by atoms with Gasteiger partial charge in [-0.25, -0.2) is 4.98 Å². The van der Waals surface area contributed by atoms with Gasteiger partial charge in [-0.15, -0.1) is 0 Å². The van der Waals surface area contributed by atoms with E-state index in [9.17, 15) is 9.59 Å². The minimum Gasteiger partial charge on any atom is -0.355 e. The summed E-state index contributed by atoms with van der Waals surface area (Å²) in [5.41, 5.74) is 10.3. The quantitative estimate of drug-likeness (QED) is 0.731. The fraction of sp³-hybridized carbons (Fsp3) is 0.458. The molecular formula is C24H29N3O2. The van der Waals surface area contributed by atoms with Crippen molar-refractivity contribution in [3.8, 4) is 0 Å². The summed E-state index contributed by atoms with van der Waals surface area (Å²) >= 11 is 0. The highest BCUT2D eigenvalue weighted by atomic mass is 16.1. The molecule has 2 aliphatic rings. The van der Waals surface area contributed by atoms with E-state index < -0.39 is 0 Å². The molecule has 1 aromatic heterocycles. The number of benzene rings is 1. The van der Waals surface area contributed by atoms with Gasteiger partial charge in [0, 0.05) is 25.1 Å².